The third-order valence-corrected chi connectivity index (χ3v) is 3.59. The van der Waals surface area contributed by atoms with Crippen molar-refractivity contribution >= 4 is 21.6 Å². The zero-order valence-electron chi connectivity index (χ0n) is 6.52. The van der Waals surface area contributed by atoms with Gasteiger partial charge in [-0.25, -0.2) is 9.97 Å². The second kappa shape index (κ2) is 4.62. The van der Waals surface area contributed by atoms with Crippen LogP contribution in [-0.2, 0) is 0 Å². The van der Waals surface area contributed by atoms with Gasteiger partial charge in [0.1, 0.15) is 0 Å². The standard InChI is InChI=1S/C7H10N2S2/c1-6(2)10-11-7-8-4-3-5-9-7/h3-6H,1-2H3. The van der Waals surface area contributed by atoms with Crippen molar-refractivity contribution in [3.8, 4) is 0 Å². The van der Waals surface area contributed by atoms with E-state index >= 15 is 0 Å². The van der Waals surface area contributed by atoms with Gasteiger partial charge in [-0.2, -0.15) is 0 Å². The van der Waals surface area contributed by atoms with E-state index in [9.17, 15) is 0 Å². The lowest BCUT2D eigenvalue weighted by molar-refractivity contribution is 0.973. The van der Waals surface area contributed by atoms with E-state index in [1.54, 1.807) is 34.0 Å². The van der Waals surface area contributed by atoms with Crippen molar-refractivity contribution in [3.05, 3.63) is 18.5 Å². The van der Waals surface area contributed by atoms with Gasteiger partial charge in [0.05, 0.1) is 0 Å². The number of nitrogens with zero attached hydrogens (tertiary/aromatic N) is 2. The van der Waals surface area contributed by atoms with Crippen LogP contribution in [0, 0.1) is 0 Å². The van der Waals surface area contributed by atoms with Gasteiger partial charge >= 0.3 is 0 Å². The molecule has 0 aliphatic carbocycles. The van der Waals surface area contributed by atoms with E-state index in [0.717, 1.165) is 5.16 Å². The summed E-state index contributed by atoms with van der Waals surface area (Å²) in [6, 6.07) is 1.82. The quantitative estimate of drug-likeness (QED) is 0.535. The van der Waals surface area contributed by atoms with Gasteiger partial charge in [0.25, 0.3) is 0 Å². The van der Waals surface area contributed by atoms with Crippen molar-refractivity contribution in [2.75, 3.05) is 0 Å². The Labute approximate surface area is 74.6 Å². The molecule has 0 aliphatic heterocycles. The van der Waals surface area contributed by atoms with Crippen molar-refractivity contribution in [2.24, 2.45) is 0 Å². The molecule has 1 heterocycles. The maximum atomic E-state index is 4.08. The largest absolute Gasteiger partial charge is 0.230 e. The number of hydrogen-bond donors (Lipinski definition) is 0. The molecule has 0 atom stereocenters. The number of rotatable bonds is 3. The molecular weight excluding hydrogens is 176 g/mol. The van der Waals surface area contributed by atoms with Crippen LogP contribution in [-0.4, -0.2) is 15.2 Å². The molecule has 1 aromatic heterocycles. The fraction of sp³-hybridized carbons (Fsp3) is 0.429. The fourth-order valence-corrected chi connectivity index (χ4v) is 2.05. The summed E-state index contributed by atoms with van der Waals surface area (Å²) in [7, 11) is 3.40. The first-order chi connectivity index (χ1) is 5.29. The van der Waals surface area contributed by atoms with Crippen LogP contribution in [0.5, 0.6) is 0 Å². The van der Waals surface area contributed by atoms with Crippen molar-refractivity contribution in [3.63, 3.8) is 0 Å². The summed E-state index contributed by atoms with van der Waals surface area (Å²) in [4.78, 5) is 8.16. The van der Waals surface area contributed by atoms with Gasteiger partial charge in [-0.1, -0.05) is 24.6 Å². The van der Waals surface area contributed by atoms with Crippen molar-refractivity contribution in [2.45, 2.75) is 24.3 Å². The Hall–Kier alpha value is -0.220. The third kappa shape index (κ3) is 3.62. The van der Waals surface area contributed by atoms with Crippen molar-refractivity contribution < 1.29 is 0 Å². The highest BCUT2D eigenvalue weighted by Crippen LogP contribution is 2.30. The molecular formula is C7H10N2S2. The molecule has 0 radical (unpaired) electrons. The summed E-state index contributed by atoms with van der Waals surface area (Å²) in [5.74, 6) is 0. The highest BCUT2D eigenvalue weighted by Gasteiger charge is 1.98. The van der Waals surface area contributed by atoms with E-state index in [-0.39, 0.29) is 0 Å². The van der Waals surface area contributed by atoms with Gasteiger partial charge in [0.2, 0.25) is 0 Å². The molecule has 1 rings (SSSR count). The van der Waals surface area contributed by atoms with Gasteiger partial charge in [0, 0.05) is 17.6 Å². The van der Waals surface area contributed by atoms with E-state index in [1.165, 1.54) is 0 Å². The second-order valence-corrected chi connectivity index (χ2v) is 5.00. The monoisotopic (exact) mass is 186 g/mol. The minimum Gasteiger partial charge on any atom is -0.230 e. The smallest absolute Gasteiger partial charge is 0.198 e. The average molecular weight is 186 g/mol. The average Bonchev–Trinajstić information content (AvgIpc) is 2.03. The van der Waals surface area contributed by atoms with Crippen LogP contribution >= 0.6 is 21.6 Å². The van der Waals surface area contributed by atoms with Crippen LogP contribution in [0.15, 0.2) is 23.6 Å². The molecule has 60 valence electrons. The molecule has 0 fully saturated rings. The first kappa shape index (κ1) is 8.87. The van der Waals surface area contributed by atoms with Crippen LogP contribution in [0.3, 0.4) is 0 Å². The van der Waals surface area contributed by atoms with Gasteiger partial charge in [0.15, 0.2) is 5.16 Å². The lowest BCUT2D eigenvalue weighted by Crippen LogP contribution is -1.84. The molecule has 0 N–H and O–H groups in total. The lowest BCUT2D eigenvalue weighted by atomic mass is 10.6. The fourth-order valence-electron chi connectivity index (χ4n) is 0.468. The normalized spacial score (nSPS) is 10.5. The Morgan fingerprint density at radius 3 is 2.45 bits per heavy atom. The molecule has 0 saturated heterocycles. The minimum absolute atomic E-state index is 0.615. The van der Waals surface area contributed by atoms with Gasteiger partial charge in [-0.05, 0) is 16.9 Å². The molecule has 0 bridgehead atoms. The predicted molar refractivity (Wildman–Crippen MR) is 50.6 cm³/mol. The summed E-state index contributed by atoms with van der Waals surface area (Å²) in [5, 5.41) is 1.45. The molecule has 1 aromatic rings. The highest BCUT2D eigenvalue weighted by atomic mass is 33.1. The van der Waals surface area contributed by atoms with Gasteiger partial charge in [-0.3, -0.25) is 0 Å². The first-order valence-electron chi connectivity index (χ1n) is 3.39. The zero-order chi connectivity index (χ0) is 8.10. The SMILES string of the molecule is CC(C)SSc1ncccn1. The van der Waals surface area contributed by atoms with Crippen molar-refractivity contribution in [1.29, 1.82) is 0 Å². The highest BCUT2D eigenvalue weighted by molar-refractivity contribution is 8.76. The van der Waals surface area contributed by atoms with Crippen LogP contribution in [0.1, 0.15) is 13.8 Å². The molecule has 0 aliphatic rings. The summed E-state index contributed by atoms with van der Waals surface area (Å²) < 4.78 is 0. The van der Waals surface area contributed by atoms with Crippen LogP contribution in [0.4, 0.5) is 0 Å². The van der Waals surface area contributed by atoms with Crippen LogP contribution in [0.2, 0.25) is 0 Å². The Morgan fingerprint density at radius 2 is 1.91 bits per heavy atom. The number of hydrogen-bond acceptors (Lipinski definition) is 4. The maximum Gasteiger partial charge on any atom is 0.198 e. The molecule has 4 heteroatoms. The summed E-state index contributed by atoms with van der Waals surface area (Å²) in [5.41, 5.74) is 0. The molecule has 0 aromatic carbocycles. The van der Waals surface area contributed by atoms with E-state index in [4.69, 9.17) is 0 Å². The third-order valence-electron chi connectivity index (χ3n) is 0.857. The molecule has 2 nitrogen and oxygen atoms in total. The minimum atomic E-state index is 0.615. The Bertz CT molecular complexity index is 201. The number of aromatic nitrogens is 2. The molecule has 0 spiro atoms. The van der Waals surface area contributed by atoms with Gasteiger partial charge < -0.3 is 0 Å². The molecule has 0 unspecified atom stereocenters. The van der Waals surface area contributed by atoms with E-state index in [1.807, 2.05) is 6.07 Å². The predicted octanol–water partition coefficient (Wildman–Crippen LogP) is 2.63. The van der Waals surface area contributed by atoms with Crippen LogP contribution < -0.4 is 0 Å². The first-order valence-corrected chi connectivity index (χ1v) is 5.60. The summed E-state index contributed by atoms with van der Waals surface area (Å²) in [6.07, 6.45) is 3.52. The van der Waals surface area contributed by atoms with E-state index in [0.29, 0.717) is 5.25 Å². The summed E-state index contributed by atoms with van der Waals surface area (Å²) >= 11 is 0. The molecule has 11 heavy (non-hydrogen) atoms. The van der Waals surface area contributed by atoms with Gasteiger partial charge in [-0.15, -0.1) is 0 Å². The molecule has 0 amide bonds. The van der Waals surface area contributed by atoms with Crippen molar-refractivity contribution in [1.82, 2.24) is 9.97 Å². The maximum absolute atomic E-state index is 4.08. The van der Waals surface area contributed by atoms with E-state index < -0.39 is 0 Å². The second-order valence-electron chi connectivity index (χ2n) is 2.26. The molecule has 0 saturated carbocycles. The van der Waals surface area contributed by atoms with Crippen LogP contribution in [0.25, 0.3) is 0 Å². The Balaban J connectivity index is 2.39. The zero-order valence-corrected chi connectivity index (χ0v) is 8.15. The Kier molecular flexibility index (Phi) is 3.72. The lowest BCUT2D eigenvalue weighted by Gasteiger charge is -2.00. The topological polar surface area (TPSA) is 25.8 Å². The Morgan fingerprint density at radius 1 is 1.27 bits per heavy atom. The summed E-state index contributed by atoms with van der Waals surface area (Å²) in [6.45, 7) is 4.31. The van der Waals surface area contributed by atoms with E-state index in [2.05, 4.69) is 23.8 Å².